The molecule has 6 nitrogen and oxygen atoms in total. The molecule has 21 heavy (non-hydrogen) atoms. The van der Waals surface area contributed by atoms with E-state index in [2.05, 4.69) is 20.6 Å². The summed E-state index contributed by atoms with van der Waals surface area (Å²) >= 11 is 0. The van der Waals surface area contributed by atoms with Crippen LogP contribution in [0.2, 0.25) is 0 Å². The average Bonchev–Trinajstić information content (AvgIpc) is 2.47. The van der Waals surface area contributed by atoms with E-state index >= 15 is 0 Å². The molecule has 0 saturated heterocycles. The number of carbonyl (C=O) groups is 1. The number of hydrogen-bond acceptors (Lipinski definition) is 5. The first-order chi connectivity index (χ1) is 10.1. The molecule has 1 amide bonds. The summed E-state index contributed by atoms with van der Waals surface area (Å²) < 4.78 is 5.10. The molecule has 2 rings (SSSR count). The Morgan fingerprint density at radius 2 is 1.90 bits per heavy atom. The third-order valence-corrected chi connectivity index (χ3v) is 2.68. The van der Waals surface area contributed by atoms with Crippen molar-refractivity contribution in [1.82, 2.24) is 15.3 Å². The Labute approximate surface area is 123 Å². The van der Waals surface area contributed by atoms with Crippen molar-refractivity contribution in [3.05, 3.63) is 42.4 Å². The zero-order chi connectivity index (χ0) is 15.2. The third kappa shape index (κ3) is 4.17. The molecule has 1 aromatic carbocycles. The number of benzene rings is 1. The summed E-state index contributed by atoms with van der Waals surface area (Å²) in [6.45, 7) is 3.80. The van der Waals surface area contributed by atoms with Crippen molar-refractivity contribution < 1.29 is 9.53 Å². The van der Waals surface area contributed by atoms with E-state index in [1.807, 2.05) is 38.1 Å². The standard InChI is InChI=1S/C15H18N4O2/c1-10(2)18-15(20)13-8-14(17-9-16-13)19-11-4-6-12(21-3)7-5-11/h4-10H,1-3H3,(H,18,20)(H,16,17,19). The quantitative estimate of drug-likeness (QED) is 0.882. The van der Waals surface area contributed by atoms with E-state index in [1.165, 1.54) is 6.33 Å². The van der Waals surface area contributed by atoms with Crippen LogP contribution in [-0.4, -0.2) is 29.0 Å². The zero-order valence-electron chi connectivity index (χ0n) is 12.3. The molecule has 1 heterocycles. The molecule has 0 aliphatic rings. The van der Waals surface area contributed by atoms with Gasteiger partial charge in [-0.1, -0.05) is 0 Å². The fourth-order valence-electron chi connectivity index (χ4n) is 1.71. The summed E-state index contributed by atoms with van der Waals surface area (Å²) in [6.07, 6.45) is 1.36. The van der Waals surface area contributed by atoms with Crippen molar-refractivity contribution in [2.45, 2.75) is 19.9 Å². The molecule has 0 bridgehead atoms. The SMILES string of the molecule is COc1ccc(Nc2cc(C(=O)NC(C)C)ncn2)cc1. The monoisotopic (exact) mass is 286 g/mol. The summed E-state index contributed by atoms with van der Waals surface area (Å²) in [5.74, 6) is 1.12. The zero-order valence-corrected chi connectivity index (χ0v) is 12.3. The van der Waals surface area contributed by atoms with Crippen LogP contribution in [0.4, 0.5) is 11.5 Å². The summed E-state index contributed by atoms with van der Waals surface area (Å²) in [4.78, 5) is 20.0. The van der Waals surface area contributed by atoms with Crippen LogP contribution in [0, 0.1) is 0 Å². The van der Waals surface area contributed by atoms with Gasteiger partial charge in [0.1, 0.15) is 23.6 Å². The maximum absolute atomic E-state index is 11.9. The van der Waals surface area contributed by atoms with E-state index in [9.17, 15) is 4.79 Å². The smallest absolute Gasteiger partial charge is 0.270 e. The van der Waals surface area contributed by atoms with E-state index in [0.717, 1.165) is 11.4 Å². The molecule has 0 aliphatic carbocycles. The second-order valence-electron chi connectivity index (χ2n) is 4.77. The lowest BCUT2D eigenvalue weighted by Gasteiger charge is -2.09. The normalized spacial score (nSPS) is 10.3. The predicted molar refractivity (Wildman–Crippen MR) is 80.9 cm³/mol. The van der Waals surface area contributed by atoms with Crippen LogP contribution in [0.1, 0.15) is 24.3 Å². The topological polar surface area (TPSA) is 76.1 Å². The van der Waals surface area contributed by atoms with Gasteiger partial charge in [0.25, 0.3) is 5.91 Å². The molecule has 2 aromatic rings. The Hall–Kier alpha value is -2.63. The number of nitrogens with one attached hydrogen (secondary N) is 2. The number of anilines is 2. The van der Waals surface area contributed by atoms with Crippen LogP contribution >= 0.6 is 0 Å². The number of aromatic nitrogens is 2. The van der Waals surface area contributed by atoms with Crippen LogP contribution in [0.5, 0.6) is 5.75 Å². The van der Waals surface area contributed by atoms with Gasteiger partial charge in [-0.05, 0) is 38.1 Å². The van der Waals surface area contributed by atoms with Crippen LogP contribution in [-0.2, 0) is 0 Å². The molecule has 1 aromatic heterocycles. The van der Waals surface area contributed by atoms with Crippen molar-refractivity contribution in [2.75, 3.05) is 12.4 Å². The van der Waals surface area contributed by atoms with Crippen LogP contribution in [0.15, 0.2) is 36.7 Å². The Balaban J connectivity index is 2.11. The van der Waals surface area contributed by atoms with Gasteiger partial charge in [-0.3, -0.25) is 4.79 Å². The van der Waals surface area contributed by atoms with Gasteiger partial charge in [-0.25, -0.2) is 9.97 Å². The number of carbonyl (C=O) groups excluding carboxylic acids is 1. The first-order valence-electron chi connectivity index (χ1n) is 6.62. The van der Waals surface area contributed by atoms with Gasteiger partial charge in [0, 0.05) is 17.8 Å². The van der Waals surface area contributed by atoms with Gasteiger partial charge < -0.3 is 15.4 Å². The number of rotatable bonds is 5. The summed E-state index contributed by atoms with van der Waals surface area (Å²) in [7, 11) is 1.62. The van der Waals surface area contributed by atoms with Crippen molar-refractivity contribution in [3.63, 3.8) is 0 Å². The highest BCUT2D eigenvalue weighted by Crippen LogP contribution is 2.18. The molecule has 0 aliphatic heterocycles. The Morgan fingerprint density at radius 1 is 1.19 bits per heavy atom. The summed E-state index contributed by atoms with van der Waals surface area (Å²) in [5, 5.41) is 5.91. The lowest BCUT2D eigenvalue weighted by molar-refractivity contribution is 0.0938. The lowest BCUT2D eigenvalue weighted by Crippen LogP contribution is -2.30. The van der Waals surface area contributed by atoms with Crippen LogP contribution in [0.3, 0.4) is 0 Å². The number of nitrogens with zero attached hydrogens (tertiary/aromatic N) is 2. The van der Waals surface area contributed by atoms with Gasteiger partial charge in [0.15, 0.2) is 0 Å². The first kappa shape index (κ1) is 14.8. The molecule has 0 spiro atoms. The minimum atomic E-state index is -0.217. The third-order valence-electron chi connectivity index (χ3n) is 2.68. The van der Waals surface area contributed by atoms with Gasteiger partial charge >= 0.3 is 0 Å². The highest BCUT2D eigenvalue weighted by molar-refractivity contribution is 5.93. The van der Waals surface area contributed by atoms with Crippen LogP contribution in [0.25, 0.3) is 0 Å². The molecule has 0 radical (unpaired) electrons. The lowest BCUT2D eigenvalue weighted by atomic mass is 10.3. The number of methoxy groups -OCH3 is 1. The van der Waals surface area contributed by atoms with E-state index in [0.29, 0.717) is 11.5 Å². The minimum Gasteiger partial charge on any atom is -0.497 e. The van der Waals surface area contributed by atoms with Gasteiger partial charge in [0.2, 0.25) is 0 Å². The first-order valence-corrected chi connectivity index (χ1v) is 6.62. The van der Waals surface area contributed by atoms with Crippen molar-refractivity contribution >= 4 is 17.4 Å². The van der Waals surface area contributed by atoms with Gasteiger partial charge in [-0.15, -0.1) is 0 Å². The second kappa shape index (κ2) is 6.69. The van der Waals surface area contributed by atoms with Gasteiger partial charge in [0.05, 0.1) is 7.11 Å². The molecule has 0 atom stereocenters. The molecule has 0 saturated carbocycles. The Bertz CT molecular complexity index is 611. The van der Waals surface area contributed by atoms with Crippen molar-refractivity contribution in [3.8, 4) is 5.75 Å². The fraction of sp³-hybridized carbons (Fsp3) is 0.267. The molecular formula is C15H18N4O2. The Morgan fingerprint density at radius 3 is 2.52 bits per heavy atom. The largest absolute Gasteiger partial charge is 0.497 e. The molecule has 110 valence electrons. The number of amides is 1. The second-order valence-corrected chi connectivity index (χ2v) is 4.77. The number of hydrogen-bond donors (Lipinski definition) is 2. The summed E-state index contributed by atoms with van der Waals surface area (Å²) in [5.41, 5.74) is 1.18. The highest BCUT2D eigenvalue weighted by atomic mass is 16.5. The highest BCUT2D eigenvalue weighted by Gasteiger charge is 2.09. The maximum atomic E-state index is 11.9. The van der Waals surface area contributed by atoms with Gasteiger partial charge in [-0.2, -0.15) is 0 Å². The van der Waals surface area contributed by atoms with E-state index < -0.39 is 0 Å². The molecule has 0 fully saturated rings. The predicted octanol–water partition coefficient (Wildman–Crippen LogP) is 2.37. The Kier molecular flexibility index (Phi) is 4.71. The molecular weight excluding hydrogens is 268 g/mol. The van der Waals surface area contributed by atoms with E-state index in [1.54, 1.807) is 13.2 Å². The fourth-order valence-corrected chi connectivity index (χ4v) is 1.71. The van der Waals surface area contributed by atoms with E-state index in [-0.39, 0.29) is 11.9 Å². The van der Waals surface area contributed by atoms with Crippen molar-refractivity contribution in [2.24, 2.45) is 0 Å². The molecule has 2 N–H and O–H groups in total. The molecule has 0 unspecified atom stereocenters. The summed E-state index contributed by atoms with van der Waals surface area (Å²) in [6, 6.07) is 9.10. The number of ether oxygens (including phenoxy) is 1. The molecule has 6 heteroatoms. The maximum Gasteiger partial charge on any atom is 0.270 e. The average molecular weight is 286 g/mol. The van der Waals surface area contributed by atoms with Crippen LogP contribution < -0.4 is 15.4 Å². The van der Waals surface area contributed by atoms with E-state index in [4.69, 9.17) is 4.74 Å². The van der Waals surface area contributed by atoms with Crippen molar-refractivity contribution in [1.29, 1.82) is 0 Å². The minimum absolute atomic E-state index is 0.0606.